The lowest BCUT2D eigenvalue weighted by atomic mass is 10.1. The van der Waals surface area contributed by atoms with Crippen molar-refractivity contribution in [2.75, 3.05) is 5.75 Å². The van der Waals surface area contributed by atoms with Crippen LogP contribution in [0.4, 0.5) is 0 Å². The van der Waals surface area contributed by atoms with E-state index in [0.29, 0.717) is 0 Å². The number of rotatable bonds is 0. The fourth-order valence-electron chi connectivity index (χ4n) is 0.906. The van der Waals surface area contributed by atoms with Crippen molar-refractivity contribution in [2.45, 2.75) is 27.2 Å². The van der Waals surface area contributed by atoms with E-state index in [1.165, 1.54) is 23.3 Å². The van der Waals surface area contributed by atoms with Gasteiger partial charge < -0.3 is 0 Å². The molecule has 0 aromatic rings. The first-order chi connectivity index (χ1) is 4.72. The van der Waals surface area contributed by atoms with Crippen LogP contribution >= 0.6 is 11.9 Å². The first-order valence-corrected chi connectivity index (χ1v) is 4.49. The van der Waals surface area contributed by atoms with Crippen molar-refractivity contribution < 1.29 is 0 Å². The molecule has 0 aliphatic carbocycles. The molecule has 0 fully saturated rings. The van der Waals surface area contributed by atoms with Crippen LogP contribution in [0.25, 0.3) is 0 Å². The van der Waals surface area contributed by atoms with Crippen molar-refractivity contribution in [1.82, 2.24) is 0 Å². The molecule has 0 N–H and O–H groups in total. The first-order valence-electron chi connectivity index (χ1n) is 3.55. The molecule has 0 atom stereocenters. The maximum atomic E-state index is 4.33. The summed E-state index contributed by atoms with van der Waals surface area (Å²) >= 11 is 1.68. The van der Waals surface area contributed by atoms with Gasteiger partial charge in [-0.3, -0.25) is 0 Å². The second-order valence-electron chi connectivity index (χ2n) is 2.67. The number of nitrogens with zero attached hydrogens (tertiary/aromatic N) is 1. The quantitative estimate of drug-likeness (QED) is 0.490. The molecule has 0 aromatic heterocycles. The second-order valence-corrected chi connectivity index (χ2v) is 3.51. The minimum Gasteiger partial charge on any atom is -0.221 e. The van der Waals surface area contributed by atoms with Crippen LogP contribution in [-0.2, 0) is 0 Å². The van der Waals surface area contributed by atoms with Gasteiger partial charge in [0.1, 0.15) is 0 Å². The van der Waals surface area contributed by atoms with Gasteiger partial charge in [0.05, 0.1) is 0 Å². The SMILES string of the molecule is CC1=NSCCC(C)=C1C. The van der Waals surface area contributed by atoms with Gasteiger partial charge in [-0.25, -0.2) is 4.40 Å². The lowest BCUT2D eigenvalue weighted by Gasteiger charge is -2.00. The standard InChI is InChI=1S/C8H13NS/c1-6-4-5-10-9-8(3)7(6)2/h4-5H2,1-3H3. The zero-order valence-electron chi connectivity index (χ0n) is 6.77. The zero-order chi connectivity index (χ0) is 7.56. The third-order valence-corrected chi connectivity index (χ3v) is 2.74. The van der Waals surface area contributed by atoms with Gasteiger partial charge in [0.2, 0.25) is 0 Å². The van der Waals surface area contributed by atoms with Gasteiger partial charge in [0.15, 0.2) is 0 Å². The van der Waals surface area contributed by atoms with Crippen LogP contribution in [0.2, 0.25) is 0 Å². The van der Waals surface area contributed by atoms with Crippen molar-refractivity contribution in [3.63, 3.8) is 0 Å². The largest absolute Gasteiger partial charge is 0.221 e. The highest BCUT2D eigenvalue weighted by molar-refractivity contribution is 7.98. The number of hydrogen-bond donors (Lipinski definition) is 0. The molecular weight excluding hydrogens is 142 g/mol. The molecule has 0 saturated carbocycles. The van der Waals surface area contributed by atoms with Crippen LogP contribution in [0.3, 0.4) is 0 Å². The van der Waals surface area contributed by atoms with E-state index in [2.05, 4.69) is 25.2 Å². The molecule has 1 heterocycles. The van der Waals surface area contributed by atoms with Crippen molar-refractivity contribution in [2.24, 2.45) is 4.40 Å². The second kappa shape index (κ2) is 3.24. The lowest BCUT2D eigenvalue weighted by molar-refractivity contribution is 1.10. The molecule has 1 aliphatic rings. The predicted octanol–water partition coefficient (Wildman–Crippen LogP) is 2.84. The third-order valence-electron chi connectivity index (χ3n) is 1.95. The van der Waals surface area contributed by atoms with E-state index in [4.69, 9.17) is 0 Å². The molecule has 0 radical (unpaired) electrons. The van der Waals surface area contributed by atoms with Crippen LogP contribution in [-0.4, -0.2) is 11.5 Å². The van der Waals surface area contributed by atoms with Crippen molar-refractivity contribution in [1.29, 1.82) is 0 Å². The Kier molecular flexibility index (Phi) is 2.55. The molecule has 0 amide bonds. The van der Waals surface area contributed by atoms with Crippen LogP contribution < -0.4 is 0 Å². The van der Waals surface area contributed by atoms with E-state index in [9.17, 15) is 0 Å². The maximum absolute atomic E-state index is 4.33. The maximum Gasteiger partial charge on any atom is 0.0484 e. The molecule has 0 aromatic carbocycles. The Balaban J connectivity index is 2.88. The minimum absolute atomic E-state index is 1.14. The molecule has 2 heteroatoms. The zero-order valence-corrected chi connectivity index (χ0v) is 7.59. The smallest absolute Gasteiger partial charge is 0.0484 e. The topological polar surface area (TPSA) is 12.4 Å². The Hall–Kier alpha value is -0.240. The Morgan fingerprint density at radius 3 is 2.70 bits per heavy atom. The van der Waals surface area contributed by atoms with E-state index >= 15 is 0 Å². The highest BCUT2D eigenvalue weighted by atomic mass is 32.2. The summed E-state index contributed by atoms with van der Waals surface area (Å²) in [6.45, 7) is 6.43. The summed E-state index contributed by atoms with van der Waals surface area (Å²) in [5, 5.41) is 0. The summed E-state index contributed by atoms with van der Waals surface area (Å²) in [6, 6.07) is 0. The van der Waals surface area contributed by atoms with Crippen molar-refractivity contribution >= 4 is 17.7 Å². The van der Waals surface area contributed by atoms with E-state index in [0.717, 1.165) is 5.75 Å². The fraction of sp³-hybridized carbons (Fsp3) is 0.625. The molecule has 0 unspecified atom stereocenters. The lowest BCUT2D eigenvalue weighted by Crippen LogP contribution is -1.93. The molecule has 10 heavy (non-hydrogen) atoms. The third kappa shape index (κ3) is 1.63. The Morgan fingerprint density at radius 1 is 1.30 bits per heavy atom. The van der Waals surface area contributed by atoms with Gasteiger partial charge in [-0.05, 0) is 44.7 Å². The van der Waals surface area contributed by atoms with Crippen LogP contribution in [0, 0.1) is 0 Å². The van der Waals surface area contributed by atoms with Crippen LogP contribution in [0.5, 0.6) is 0 Å². The summed E-state index contributed by atoms with van der Waals surface area (Å²) in [6.07, 6.45) is 1.19. The van der Waals surface area contributed by atoms with E-state index in [1.807, 2.05) is 0 Å². The molecule has 1 nitrogen and oxygen atoms in total. The van der Waals surface area contributed by atoms with Crippen LogP contribution in [0.1, 0.15) is 27.2 Å². The summed E-state index contributed by atoms with van der Waals surface area (Å²) in [5.41, 5.74) is 4.07. The van der Waals surface area contributed by atoms with E-state index < -0.39 is 0 Å². The molecule has 0 bridgehead atoms. The summed E-state index contributed by atoms with van der Waals surface area (Å²) < 4.78 is 4.33. The monoisotopic (exact) mass is 155 g/mol. The molecule has 1 aliphatic heterocycles. The molecular formula is C8H13NS. The molecule has 1 rings (SSSR count). The van der Waals surface area contributed by atoms with Gasteiger partial charge in [-0.15, -0.1) is 0 Å². The minimum atomic E-state index is 1.14. The first kappa shape index (κ1) is 7.86. The van der Waals surface area contributed by atoms with Gasteiger partial charge in [0, 0.05) is 11.5 Å². The molecule has 0 saturated heterocycles. The molecule has 0 spiro atoms. The van der Waals surface area contributed by atoms with E-state index in [-0.39, 0.29) is 0 Å². The van der Waals surface area contributed by atoms with Gasteiger partial charge >= 0.3 is 0 Å². The van der Waals surface area contributed by atoms with Gasteiger partial charge in [0.25, 0.3) is 0 Å². The Bertz CT molecular complexity index is 191. The Labute approximate surface area is 66.8 Å². The van der Waals surface area contributed by atoms with Gasteiger partial charge in [-0.1, -0.05) is 5.57 Å². The predicted molar refractivity (Wildman–Crippen MR) is 48.6 cm³/mol. The fourth-order valence-corrected chi connectivity index (χ4v) is 1.73. The average Bonchev–Trinajstić information content (AvgIpc) is 2.04. The Morgan fingerprint density at radius 2 is 2.00 bits per heavy atom. The van der Waals surface area contributed by atoms with Crippen molar-refractivity contribution in [3.8, 4) is 0 Å². The average molecular weight is 155 g/mol. The number of allylic oxidation sites excluding steroid dienone is 2. The number of hydrogen-bond acceptors (Lipinski definition) is 2. The highest BCUT2D eigenvalue weighted by Gasteiger charge is 2.04. The summed E-state index contributed by atoms with van der Waals surface area (Å²) in [7, 11) is 0. The summed E-state index contributed by atoms with van der Waals surface area (Å²) in [5.74, 6) is 1.14. The van der Waals surface area contributed by atoms with Crippen LogP contribution in [0.15, 0.2) is 15.5 Å². The van der Waals surface area contributed by atoms with E-state index in [1.54, 1.807) is 11.9 Å². The van der Waals surface area contributed by atoms with Gasteiger partial charge in [-0.2, -0.15) is 0 Å². The molecule has 56 valence electrons. The normalized spacial score (nSPS) is 20.5. The highest BCUT2D eigenvalue weighted by Crippen LogP contribution is 2.19. The van der Waals surface area contributed by atoms with Crippen molar-refractivity contribution in [3.05, 3.63) is 11.1 Å². The summed E-state index contributed by atoms with van der Waals surface area (Å²) in [4.78, 5) is 0.